The summed E-state index contributed by atoms with van der Waals surface area (Å²) in [4.78, 5) is 38.0. The first-order valence-corrected chi connectivity index (χ1v) is 36.1. The summed E-state index contributed by atoms with van der Waals surface area (Å²) in [5.41, 5.74) is 0. The number of allylic oxidation sites excluding steroid dienone is 8. The molecule has 0 fully saturated rings. The smallest absolute Gasteiger partial charge is 0.306 e. The number of esters is 3. The average Bonchev–Trinajstić information content (AvgIpc) is 3.47. The molecule has 0 rings (SSSR count). The zero-order chi connectivity index (χ0) is 58.5. The summed E-state index contributed by atoms with van der Waals surface area (Å²) in [5, 5.41) is 0. The molecule has 0 aliphatic rings. The van der Waals surface area contributed by atoms with Crippen LogP contribution in [0.5, 0.6) is 0 Å². The van der Waals surface area contributed by atoms with Crippen molar-refractivity contribution in [1.82, 2.24) is 0 Å². The highest BCUT2D eigenvalue weighted by molar-refractivity contribution is 5.71. The van der Waals surface area contributed by atoms with Crippen LogP contribution in [0.15, 0.2) is 48.6 Å². The van der Waals surface area contributed by atoms with Gasteiger partial charge in [0.05, 0.1) is 0 Å². The van der Waals surface area contributed by atoms with Crippen LogP contribution < -0.4 is 0 Å². The number of carbonyl (C=O) groups excluding carboxylic acids is 3. The van der Waals surface area contributed by atoms with E-state index in [9.17, 15) is 14.4 Å². The standard InChI is InChI=1S/C75H138O6/c1-4-7-10-13-15-17-19-21-23-25-27-29-31-33-35-37-39-41-43-45-47-49-51-53-55-57-59-62-65-68-74(77)80-71-72(70-79-73(76)67-64-61-12-9-6-3)81-75(78)69-66-63-60-58-56-54-52-50-48-46-44-42-40-38-36-34-32-30-28-26-24-22-20-18-16-14-11-8-5-2/h19,21,25-28,31,33,72H,4-18,20,22-24,29-30,32,34-71H2,1-3H3/b21-19-,27-25-,28-26-,33-31-. The summed E-state index contributed by atoms with van der Waals surface area (Å²) in [6, 6.07) is 0. The van der Waals surface area contributed by atoms with Crippen LogP contribution in [0.3, 0.4) is 0 Å². The van der Waals surface area contributed by atoms with Crippen LogP contribution in [0.4, 0.5) is 0 Å². The molecule has 1 unspecified atom stereocenters. The van der Waals surface area contributed by atoms with Crippen molar-refractivity contribution < 1.29 is 28.6 Å². The molecule has 0 aromatic carbocycles. The van der Waals surface area contributed by atoms with Crippen molar-refractivity contribution in [2.24, 2.45) is 0 Å². The molecule has 0 N–H and O–H groups in total. The summed E-state index contributed by atoms with van der Waals surface area (Å²) >= 11 is 0. The molecule has 0 spiro atoms. The van der Waals surface area contributed by atoms with E-state index in [2.05, 4.69) is 69.4 Å². The van der Waals surface area contributed by atoms with E-state index in [0.717, 1.165) is 77.0 Å². The molecule has 0 aliphatic heterocycles. The van der Waals surface area contributed by atoms with Gasteiger partial charge in [-0.2, -0.15) is 0 Å². The van der Waals surface area contributed by atoms with E-state index >= 15 is 0 Å². The molecule has 6 nitrogen and oxygen atoms in total. The Morgan fingerprint density at radius 3 is 0.704 bits per heavy atom. The van der Waals surface area contributed by atoms with Crippen LogP contribution in [-0.2, 0) is 28.6 Å². The van der Waals surface area contributed by atoms with E-state index in [4.69, 9.17) is 14.2 Å². The molecule has 0 radical (unpaired) electrons. The zero-order valence-corrected chi connectivity index (χ0v) is 54.6. The first-order valence-electron chi connectivity index (χ1n) is 36.1. The second-order valence-corrected chi connectivity index (χ2v) is 24.5. The van der Waals surface area contributed by atoms with Crippen molar-refractivity contribution in [3.8, 4) is 0 Å². The van der Waals surface area contributed by atoms with Crippen molar-refractivity contribution in [3.63, 3.8) is 0 Å². The Hall–Kier alpha value is -2.63. The summed E-state index contributed by atoms with van der Waals surface area (Å²) in [5.74, 6) is -0.860. The van der Waals surface area contributed by atoms with E-state index in [1.807, 2.05) is 0 Å². The predicted molar refractivity (Wildman–Crippen MR) is 353 cm³/mol. The predicted octanol–water partition coefficient (Wildman–Crippen LogP) is 24.9. The third kappa shape index (κ3) is 68.0. The van der Waals surface area contributed by atoms with Gasteiger partial charge in [-0.1, -0.05) is 339 Å². The van der Waals surface area contributed by atoms with Crippen LogP contribution >= 0.6 is 0 Å². The van der Waals surface area contributed by atoms with Crippen LogP contribution in [0.25, 0.3) is 0 Å². The molecule has 0 aliphatic carbocycles. The maximum Gasteiger partial charge on any atom is 0.306 e. The minimum atomic E-state index is -0.768. The Bertz CT molecular complexity index is 1400. The van der Waals surface area contributed by atoms with E-state index in [0.29, 0.717) is 19.3 Å². The summed E-state index contributed by atoms with van der Waals surface area (Å²) in [7, 11) is 0. The normalized spacial score (nSPS) is 12.3. The number of hydrogen-bond acceptors (Lipinski definition) is 6. The molecular formula is C75H138O6. The Morgan fingerprint density at radius 2 is 0.444 bits per heavy atom. The monoisotopic (exact) mass is 1140 g/mol. The number of unbranched alkanes of at least 4 members (excludes halogenated alkanes) is 48. The van der Waals surface area contributed by atoms with Crippen molar-refractivity contribution in [2.75, 3.05) is 13.2 Å². The Kier molecular flexibility index (Phi) is 67.6. The zero-order valence-electron chi connectivity index (χ0n) is 54.6. The molecule has 0 bridgehead atoms. The van der Waals surface area contributed by atoms with Gasteiger partial charge in [-0.15, -0.1) is 0 Å². The van der Waals surface area contributed by atoms with E-state index in [-0.39, 0.29) is 31.1 Å². The summed E-state index contributed by atoms with van der Waals surface area (Å²) < 4.78 is 16.8. The van der Waals surface area contributed by atoms with Gasteiger partial charge in [0.15, 0.2) is 6.10 Å². The van der Waals surface area contributed by atoms with Gasteiger partial charge in [0.1, 0.15) is 13.2 Å². The number of carbonyl (C=O) groups is 3. The van der Waals surface area contributed by atoms with Crippen molar-refractivity contribution in [2.45, 2.75) is 399 Å². The Morgan fingerprint density at radius 1 is 0.247 bits per heavy atom. The maximum absolute atomic E-state index is 12.9. The van der Waals surface area contributed by atoms with Crippen LogP contribution in [0.2, 0.25) is 0 Å². The highest BCUT2D eigenvalue weighted by Crippen LogP contribution is 2.18. The minimum absolute atomic E-state index is 0.0693. The molecule has 0 heterocycles. The molecule has 6 heteroatoms. The summed E-state index contributed by atoms with van der Waals surface area (Å²) in [6.45, 7) is 6.61. The van der Waals surface area contributed by atoms with Gasteiger partial charge in [-0.3, -0.25) is 14.4 Å². The van der Waals surface area contributed by atoms with Crippen LogP contribution in [0, 0.1) is 0 Å². The first kappa shape index (κ1) is 78.4. The quantitative estimate of drug-likeness (QED) is 0.0261. The fourth-order valence-electron chi connectivity index (χ4n) is 10.9. The molecule has 1 atom stereocenters. The van der Waals surface area contributed by atoms with Gasteiger partial charge in [0.2, 0.25) is 0 Å². The largest absolute Gasteiger partial charge is 0.462 e. The molecule has 0 aromatic heterocycles. The van der Waals surface area contributed by atoms with Gasteiger partial charge in [-0.05, 0) is 83.5 Å². The molecule has 0 saturated heterocycles. The average molecular weight is 1140 g/mol. The van der Waals surface area contributed by atoms with Crippen molar-refractivity contribution >= 4 is 17.9 Å². The minimum Gasteiger partial charge on any atom is -0.462 e. The van der Waals surface area contributed by atoms with Gasteiger partial charge < -0.3 is 14.2 Å². The number of ether oxygens (including phenoxy) is 3. The van der Waals surface area contributed by atoms with E-state index < -0.39 is 6.10 Å². The number of hydrogen-bond donors (Lipinski definition) is 0. The Balaban J connectivity index is 3.93. The molecule has 474 valence electrons. The second-order valence-electron chi connectivity index (χ2n) is 24.5. The van der Waals surface area contributed by atoms with Crippen LogP contribution in [-0.4, -0.2) is 37.2 Å². The van der Waals surface area contributed by atoms with Gasteiger partial charge >= 0.3 is 17.9 Å². The highest BCUT2D eigenvalue weighted by atomic mass is 16.6. The Labute approximate surface area is 505 Å². The second kappa shape index (κ2) is 69.9. The van der Waals surface area contributed by atoms with Crippen LogP contribution in [0.1, 0.15) is 393 Å². The fourth-order valence-corrected chi connectivity index (χ4v) is 10.9. The third-order valence-corrected chi connectivity index (χ3v) is 16.3. The third-order valence-electron chi connectivity index (χ3n) is 16.3. The highest BCUT2D eigenvalue weighted by Gasteiger charge is 2.19. The van der Waals surface area contributed by atoms with E-state index in [1.54, 1.807) is 0 Å². The maximum atomic E-state index is 12.9. The molecule has 0 saturated carbocycles. The fraction of sp³-hybridized carbons (Fsp3) is 0.853. The van der Waals surface area contributed by atoms with Gasteiger partial charge in [-0.25, -0.2) is 0 Å². The van der Waals surface area contributed by atoms with Gasteiger partial charge in [0, 0.05) is 19.3 Å². The lowest BCUT2D eigenvalue weighted by atomic mass is 10.0. The lowest BCUT2D eigenvalue weighted by Crippen LogP contribution is -2.30. The topological polar surface area (TPSA) is 78.9 Å². The molecule has 81 heavy (non-hydrogen) atoms. The molecule has 0 amide bonds. The lowest BCUT2D eigenvalue weighted by Gasteiger charge is -2.18. The SMILES string of the molecule is CCCCCCC/C=C\C/C=C\C/C=C\CCCCCCCCCCCCCCCCC(=O)OCC(COC(=O)CCCCCCC)OC(=O)CCCCCCCCCCCCCCCCCCC/C=C\CCCCCCCCCC. The summed E-state index contributed by atoms with van der Waals surface area (Å²) in [6.07, 6.45) is 89.2. The number of rotatable bonds is 67. The van der Waals surface area contributed by atoms with E-state index in [1.165, 1.54) is 276 Å². The molecule has 0 aromatic rings. The molecular weight excluding hydrogens is 997 g/mol. The van der Waals surface area contributed by atoms with Crippen molar-refractivity contribution in [3.05, 3.63) is 48.6 Å². The first-order chi connectivity index (χ1) is 40.0. The lowest BCUT2D eigenvalue weighted by molar-refractivity contribution is -0.167. The van der Waals surface area contributed by atoms with Crippen molar-refractivity contribution in [1.29, 1.82) is 0 Å². The van der Waals surface area contributed by atoms with Gasteiger partial charge in [0.25, 0.3) is 0 Å².